The molecule has 1 saturated heterocycles. The topological polar surface area (TPSA) is 49.6 Å². The maximum atomic E-state index is 12.7. The molecule has 2 aromatic heterocycles. The number of halogens is 2. The van der Waals surface area contributed by atoms with E-state index in [4.69, 9.17) is 27.7 Å². The van der Waals surface area contributed by atoms with Crippen LogP contribution in [0.2, 0.25) is 8.67 Å². The molecule has 0 N–H and O–H groups in total. The summed E-state index contributed by atoms with van der Waals surface area (Å²) >= 11 is 13.3. The van der Waals surface area contributed by atoms with Gasteiger partial charge in [0.2, 0.25) is 0 Å². The molecule has 2 aromatic rings. The second-order valence-electron chi connectivity index (χ2n) is 5.96. The average molecular weight is 388 g/mol. The Kier molecular flexibility index (Phi) is 5.49. The molecule has 8 heteroatoms. The Morgan fingerprint density at radius 3 is 2.71 bits per heavy atom. The van der Waals surface area contributed by atoms with E-state index in [9.17, 15) is 4.79 Å². The summed E-state index contributed by atoms with van der Waals surface area (Å²) in [6.45, 7) is 7.84. The van der Waals surface area contributed by atoms with E-state index >= 15 is 0 Å². The zero-order valence-electron chi connectivity index (χ0n) is 13.6. The molecule has 1 aliphatic rings. The van der Waals surface area contributed by atoms with Gasteiger partial charge in [0.1, 0.15) is 10.1 Å². The van der Waals surface area contributed by atoms with Crippen LogP contribution in [0.1, 0.15) is 33.8 Å². The van der Waals surface area contributed by atoms with Gasteiger partial charge in [-0.2, -0.15) is 0 Å². The quantitative estimate of drug-likeness (QED) is 0.797. The molecule has 0 spiro atoms. The molecule has 5 nitrogen and oxygen atoms in total. The van der Waals surface area contributed by atoms with Gasteiger partial charge in [-0.3, -0.25) is 9.69 Å². The zero-order chi connectivity index (χ0) is 17.3. The molecule has 3 heterocycles. The zero-order valence-corrected chi connectivity index (χ0v) is 16.0. The highest BCUT2D eigenvalue weighted by Gasteiger charge is 2.24. The molecule has 0 radical (unpaired) electrons. The summed E-state index contributed by atoms with van der Waals surface area (Å²) in [5.74, 6) is 0.826. The molecule has 0 atom stereocenters. The molecule has 1 fully saturated rings. The van der Waals surface area contributed by atoms with Gasteiger partial charge in [-0.15, -0.1) is 11.3 Å². The van der Waals surface area contributed by atoms with E-state index < -0.39 is 0 Å². The molecule has 0 saturated carbocycles. The summed E-state index contributed by atoms with van der Waals surface area (Å²) in [4.78, 5) is 16.9. The summed E-state index contributed by atoms with van der Waals surface area (Å²) in [5.41, 5.74) is 2.58. The lowest BCUT2D eigenvalue weighted by Crippen LogP contribution is -2.35. The van der Waals surface area contributed by atoms with Crippen LogP contribution in [0.15, 0.2) is 10.6 Å². The highest BCUT2D eigenvalue weighted by Crippen LogP contribution is 2.32. The summed E-state index contributed by atoms with van der Waals surface area (Å²) in [6.07, 6.45) is 0.921. The van der Waals surface area contributed by atoms with E-state index in [1.54, 1.807) is 6.07 Å². The fourth-order valence-corrected chi connectivity index (χ4v) is 4.39. The third-order valence-corrected chi connectivity index (χ3v) is 5.81. The van der Waals surface area contributed by atoms with Crippen LogP contribution < -0.4 is 0 Å². The molecule has 1 amide bonds. The molecule has 0 unspecified atom stereocenters. The van der Waals surface area contributed by atoms with Gasteiger partial charge in [-0.1, -0.05) is 28.4 Å². The molecule has 1 aliphatic heterocycles. The normalized spacial score (nSPS) is 16.4. The smallest absolute Gasteiger partial charge is 0.256 e. The fraction of sp³-hybridized carbons (Fsp3) is 0.500. The van der Waals surface area contributed by atoms with Crippen LogP contribution in [0.25, 0.3) is 0 Å². The van der Waals surface area contributed by atoms with E-state index in [2.05, 4.69) is 10.1 Å². The van der Waals surface area contributed by atoms with Crippen LogP contribution in [0, 0.1) is 13.8 Å². The minimum atomic E-state index is -0.0395. The summed E-state index contributed by atoms with van der Waals surface area (Å²) in [5, 5.41) is 4.01. The first kappa shape index (κ1) is 17.7. The lowest BCUT2D eigenvalue weighted by molar-refractivity contribution is 0.0761. The van der Waals surface area contributed by atoms with Gasteiger partial charge in [-0.25, -0.2) is 0 Å². The third kappa shape index (κ3) is 3.77. The van der Waals surface area contributed by atoms with Crippen molar-refractivity contribution in [3.05, 3.63) is 37.3 Å². The molecule has 0 aliphatic carbocycles. The number of aryl methyl sites for hydroxylation is 2. The van der Waals surface area contributed by atoms with Gasteiger partial charge in [-0.05, 0) is 26.3 Å². The van der Waals surface area contributed by atoms with Gasteiger partial charge in [0.05, 0.1) is 15.6 Å². The lowest BCUT2D eigenvalue weighted by Gasteiger charge is -2.21. The molecule has 0 bridgehead atoms. The largest absolute Gasteiger partial charge is 0.361 e. The number of carbonyl (C=O) groups is 1. The Balaban J connectivity index is 1.65. The Labute approximate surface area is 155 Å². The number of hydrogen-bond acceptors (Lipinski definition) is 5. The predicted octanol–water partition coefficient (Wildman–Crippen LogP) is 4.01. The van der Waals surface area contributed by atoms with E-state index in [1.807, 2.05) is 18.7 Å². The summed E-state index contributed by atoms with van der Waals surface area (Å²) in [6, 6.07) is 1.66. The van der Waals surface area contributed by atoms with Crippen molar-refractivity contribution in [3.63, 3.8) is 0 Å². The van der Waals surface area contributed by atoms with Crippen LogP contribution in [0.3, 0.4) is 0 Å². The number of amides is 1. The Hall–Kier alpha value is -1.08. The predicted molar refractivity (Wildman–Crippen MR) is 96.1 cm³/mol. The van der Waals surface area contributed by atoms with Gasteiger partial charge in [0, 0.05) is 38.3 Å². The Morgan fingerprint density at radius 2 is 2.08 bits per heavy atom. The van der Waals surface area contributed by atoms with E-state index in [0.29, 0.717) is 20.8 Å². The third-order valence-electron chi connectivity index (χ3n) is 4.33. The van der Waals surface area contributed by atoms with Gasteiger partial charge < -0.3 is 9.42 Å². The van der Waals surface area contributed by atoms with Crippen molar-refractivity contribution in [2.45, 2.75) is 26.8 Å². The number of thiophene rings is 1. The van der Waals surface area contributed by atoms with E-state index in [-0.39, 0.29) is 5.91 Å². The van der Waals surface area contributed by atoms with E-state index in [0.717, 1.165) is 49.6 Å². The van der Waals surface area contributed by atoms with Crippen molar-refractivity contribution in [1.29, 1.82) is 0 Å². The number of nitrogens with zero attached hydrogens (tertiary/aromatic N) is 3. The average Bonchev–Trinajstić information content (AvgIpc) is 2.93. The molecule has 24 heavy (non-hydrogen) atoms. The van der Waals surface area contributed by atoms with Crippen LogP contribution in [0.5, 0.6) is 0 Å². The molecule has 0 aromatic carbocycles. The standard InChI is InChI=1S/C16H19Cl2N3O2S/c1-10-13(11(2)23-19-10)9-20-4-3-5-21(7-6-20)16(22)12-8-14(17)24-15(12)18/h8H,3-7,9H2,1-2H3. The van der Waals surface area contributed by atoms with E-state index in [1.165, 1.54) is 11.3 Å². The van der Waals surface area contributed by atoms with Crippen LogP contribution >= 0.6 is 34.5 Å². The minimum Gasteiger partial charge on any atom is -0.361 e. The Morgan fingerprint density at radius 1 is 1.29 bits per heavy atom. The van der Waals surface area contributed by atoms with Crippen molar-refractivity contribution in [2.24, 2.45) is 0 Å². The van der Waals surface area contributed by atoms with Crippen LogP contribution in [-0.2, 0) is 6.54 Å². The monoisotopic (exact) mass is 387 g/mol. The number of hydrogen-bond donors (Lipinski definition) is 0. The number of rotatable bonds is 3. The fourth-order valence-electron chi connectivity index (χ4n) is 2.94. The maximum absolute atomic E-state index is 12.7. The van der Waals surface area contributed by atoms with Crippen LogP contribution in [-0.4, -0.2) is 47.0 Å². The van der Waals surface area contributed by atoms with Crippen molar-refractivity contribution in [2.75, 3.05) is 26.2 Å². The highest BCUT2D eigenvalue weighted by molar-refractivity contribution is 7.20. The van der Waals surface area contributed by atoms with Crippen LogP contribution in [0.4, 0.5) is 0 Å². The van der Waals surface area contributed by atoms with Gasteiger partial charge in [0.15, 0.2) is 0 Å². The molecular weight excluding hydrogens is 369 g/mol. The first-order valence-electron chi connectivity index (χ1n) is 7.84. The van der Waals surface area contributed by atoms with Crippen molar-refractivity contribution < 1.29 is 9.32 Å². The Bertz CT molecular complexity index is 724. The second-order valence-corrected chi connectivity index (χ2v) is 8.25. The lowest BCUT2D eigenvalue weighted by atomic mass is 10.2. The second kappa shape index (κ2) is 7.44. The summed E-state index contributed by atoms with van der Waals surface area (Å²) in [7, 11) is 0. The van der Waals surface area contributed by atoms with Gasteiger partial charge >= 0.3 is 0 Å². The first-order chi connectivity index (χ1) is 11.5. The molecule has 3 rings (SSSR count). The first-order valence-corrected chi connectivity index (χ1v) is 9.41. The molecular formula is C16H19Cl2N3O2S. The minimum absolute atomic E-state index is 0.0395. The van der Waals surface area contributed by atoms with Crippen molar-refractivity contribution in [1.82, 2.24) is 15.0 Å². The number of aromatic nitrogens is 1. The SMILES string of the molecule is Cc1noc(C)c1CN1CCCN(C(=O)c2cc(Cl)sc2Cl)CC1. The van der Waals surface area contributed by atoms with Gasteiger partial charge in [0.25, 0.3) is 5.91 Å². The highest BCUT2D eigenvalue weighted by atomic mass is 35.5. The van der Waals surface area contributed by atoms with Crippen molar-refractivity contribution >= 4 is 40.4 Å². The summed E-state index contributed by atoms with van der Waals surface area (Å²) < 4.78 is 6.23. The number of carbonyl (C=O) groups excluding carboxylic acids is 1. The van der Waals surface area contributed by atoms with Crippen molar-refractivity contribution in [3.8, 4) is 0 Å². The maximum Gasteiger partial charge on any atom is 0.256 e. The molecule has 130 valence electrons.